The van der Waals surface area contributed by atoms with Crippen LogP contribution in [0.1, 0.15) is 37.3 Å². The molecule has 1 aromatic rings. The van der Waals surface area contributed by atoms with Gasteiger partial charge in [0.15, 0.2) is 0 Å². The quantitative estimate of drug-likeness (QED) is 0.588. The summed E-state index contributed by atoms with van der Waals surface area (Å²) in [6.07, 6.45) is 4.26. The molecule has 0 saturated heterocycles. The summed E-state index contributed by atoms with van der Waals surface area (Å²) in [5.74, 6) is 2.60. The average molecular weight is 283 g/mol. The molecule has 1 aromatic carbocycles. The standard InChI is InChI=1S/C16H20F3N/c1-3-5-6-7-15(20-4-2)12-13-8-10-14(11-9-13)16(17,18)19/h1,8-11,15,20H,4-7,12H2,2H3. The zero-order chi connectivity index (χ0) is 15.0. The lowest BCUT2D eigenvalue weighted by atomic mass is 10.00. The van der Waals surface area contributed by atoms with E-state index in [9.17, 15) is 13.2 Å². The van der Waals surface area contributed by atoms with Gasteiger partial charge in [-0.15, -0.1) is 12.3 Å². The minimum Gasteiger partial charge on any atom is -0.314 e. The van der Waals surface area contributed by atoms with Gasteiger partial charge in [0, 0.05) is 12.5 Å². The number of halogens is 3. The molecule has 0 fully saturated rings. The van der Waals surface area contributed by atoms with Gasteiger partial charge < -0.3 is 5.32 Å². The first kappa shape index (κ1) is 16.6. The van der Waals surface area contributed by atoms with Crippen LogP contribution >= 0.6 is 0 Å². The SMILES string of the molecule is C#CCCCC(Cc1ccc(C(F)(F)F)cc1)NCC. The fourth-order valence-electron chi connectivity index (χ4n) is 2.13. The Kier molecular flexibility index (Phi) is 6.60. The molecule has 0 aliphatic carbocycles. The van der Waals surface area contributed by atoms with E-state index in [4.69, 9.17) is 6.42 Å². The van der Waals surface area contributed by atoms with Crippen LogP contribution in [0, 0.1) is 12.3 Å². The molecule has 0 saturated carbocycles. The molecule has 110 valence electrons. The fraction of sp³-hybridized carbons (Fsp3) is 0.500. The van der Waals surface area contributed by atoms with Crippen LogP contribution in [0.15, 0.2) is 24.3 Å². The van der Waals surface area contributed by atoms with Gasteiger partial charge in [-0.05, 0) is 43.5 Å². The highest BCUT2D eigenvalue weighted by molar-refractivity contribution is 5.25. The van der Waals surface area contributed by atoms with Crippen molar-refractivity contribution < 1.29 is 13.2 Å². The first-order chi connectivity index (χ1) is 9.47. The highest BCUT2D eigenvalue weighted by atomic mass is 19.4. The Morgan fingerprint density at radius 2 is 1.90 bits per heavy atom. The second-order valence-electron chi connectivity index (χ2n) is 4.75. The third kappa shape index (κ3) is 5.66. The Bertz CT molecular complexity index is 429. The third-order valence-corrected chi connectivity index (χ3v) is 3.13. The van der Waals surface area contributed by atoms with Crippen molar-refractivity contribution in [3.63, 3.8) is 0 Å². The van der Waals surface area contributed by atoms with Gasteiger partial charge in [0.1, 0.15) is 0 Å². The smallest absolute Gasteiger partial charge is 0.314 e. The van der Waals surface area contributed by atoms with Gasteiger partial charge in [-0.1, -0.05) is 19.1 Å². The molecule has 1 rings (SSSR count). The second kappa shape index (κ2) is 7.96. The monoisotopic (exact) mass is 283 g/mol. The number of hydrogen-bond acceptors (Lipinski definition) is 1. The van der Waals surface area contributed by atoms with Crippen molar-refractivity contribution in [2.75, 3.05) is 6.54 Å². The number of terminal acetylenes is 1. The van der Waals surface area contributed by atoms with Crippen LogP contribution in [0.3, 0.4) is 0 Å². The van der Waals surface area contributed by atoms with E-state index < -0.39 is 11.7 Å². The predicted octanol–water partition coefficient (Wildman–Crippen LogP) is 4.03. The Morgan fingerprint density at radius 3 is 2.40 bits per heavy atom. The molecule has 0 heterocycles. The maximum atomic E-state index is 12.5. The van der Waals surface area contributed by atoms with Crippen LogP contribution in [0.4, 0.5) is 13.2 Å². The van der Waals surface area contributed by atoms with Gasteiger partial charge in [-0.3, -0.25) is 0 Å². The van der Waals surface area contributed by atoms with Crippen LogP contribution < -0.4 is 5.32 Å². The first-order valence-corrected chi connectivity index (χ1v) is 6.80. The maximum Gasteiger partial charge on any atom is 0.416 e. The first-order valence-electron chi connectivity index (χ1n) is 6.80. The number of unbranched alkanes of at least 4 members (excludes halogenated alkanes) is 1. The van der Waals surface area contributed by atoms with Crippen molar-refractivity contribution in [2.45, 2.75) is 44.8 Å². The summed E-state index contributed by atoms with van der Waals surface area (Å²) in [6, 6.07) is 5.63. The van der Waals surface area contributed by atoms with Crippen LogP contribution in [-0.2, 0) is 12.6 Å². The van der Waals surface area contributed by atoms with E-state index in [1.165, 1.54) is 0 Å². The van der Waals surface area contributed by atoms with Crippen molar-refractivity contribution in [3.05, 3.63) is 35.4 Å². The van der Waals surface area contributed by atoms with Crippen LogP contribution in [0.25, 0.3) is 0 Å². The van der Waals surface area contributed by atoms with Crippen molar-refractivity contribution in [1.29, 1.82) is 0 Å². The summed E-state index contributed by atoms with van der Waals surface area (Å²) < 4.78 is 37.4. The summed E-state index contributed by atoms with van der Waals surface area (Å²) in [5, 5.41) is 3.34. The zero-order valence-corrected chi connectivity index (χ0v) is 11.6. The lowest BCUT2D eigenvalue weighted by Crippen LogP contribution is -2.30. The molecule has 0 aromatic heterocycles. The van der Waals surface area contributed by atoms with Gasteiger partial charge in [-0.25, -0.2) is 0 Å². The maximum absolute atomic E-state index is 12.5. The minimum absolute atomic E-state index is 0.255. The summed E-state index contributed by atoms with van der Waals surface area (Å²) in [4.78, 5) is 0. The van der Waals surface area contributed by atoms with Crippen molar-refractivity contribution in [1.82, 2.24) is 5.32 Å². The lowest BCUT2D eigenvalue weighted by molar-refractivity contribution is -0.137. The Hall–Kier alpha value is -1.47. The van der Waals surface area contributed by atoms with Gasteiger partial charge in [0.2, 0.25) is 0 Å². The molecule has 0 bridgehead atoms. The number of alkyl halides is 3. The molecule has 1 N–H and O–H groups in total. The van der Waals surface area contributed by atoms with Crippen molar-refractivity contribution >= 4 is 0 Å². The molecule has 4 heteroatoms. The molecular formula is C16H20F3N. The highest BCUT2D eigenvalue weighted by Crippen LogP contribution is 2.29. The Labute approximate surface area is 118 Å². The molecular weight excluding hydrogens is 263 g/mol. The van der Waals surface area contributed by atoms with Crippen LogP contribution in [0.5, 0.6) is 0 Å². The van der Waals surface area contributed by atoms with Crippen LogP contribution in [-0.4, -0.2) is 12.6 Å². The normalized spacial score (nSPS) is 12.9. The number of rotatable bonds is 7. The Morgan fingerprint density at radius 1 is 1.25 bits per heavy atom. The van der Waals surface area contributed by atoms with Crippen molar-refractivity contribution in [3.8, 4) is 12.3 Å². The second-order valence-corrected chi connectivity index (χ2v) is 4.75. The van der Waals surface area contributed by atoms with Crippen molar-refractivity contribution in [2.24, 2.45) is 0 Å². The molecule has 20 heavy (non-hydrogen) atoms. The van der Waals surface area contributed by atoms with Gasteiger partial charge in [0.05, 0.1) is 5.56 Å². The highest BCUT2D eigenvalue weighted by Gasteiger charge is 2.29. The average Bonchev–Trinajstić information content (AvgIpc) is 2.39. The van der Waals surface area contributed by atoms with Gasteiger partial charge >= 0.3 is 6.18 Å². The molecule has 0 aliphatic heterocycles. The summed E-state index contributed by atoms with van der Waals surface area (Å²) in [5.41, 5.74) is 0.304. The van der Waals surface area contributed by atoms with E-state index >= 15 is 0 Å². The zero-order valence-electron chi connectivity index (χ0n) is 11.6. The molecule has 0 spiro atoms. The van der Waals surface area contributed by atoms with E-state index in [0.29, 0.717) is 0 Å². The number of hydrogen-bond donors (Lipinski definition) is 1. The summed E-state index contributed by atoms with van der Waals surface area (Å²) >= 11 is 0. The Balaban J connectivity index is 2.62. The number of benzene rings is 1. The van der Waals surface area contributed by atoms with Crippen LogP contribution in [0.2, 0.25) is 0 Å². The summed E-state index contributed by atoms with van der Waals surface area (Å²) in [7, 11) is 0. The fourth-order valence-corrected chi connectivity index (χ4v) is 2.13. The van der Waals surface area contributed by atoms with E-state index in [2.05, 4.69) is 11.2 Å². The number of nitrogens with one attached hydrogen (secondary N) is 1. The number of likely N-dealkylation sites (N-methyl/N-ethyl adjacent to an activating group) is 1. The predicted molar refractivity (Wildman–Crippen MR) is 75.3 cm³/mol. The topological polar surface area (TPSA) is 12.0 Å². The molecule has 1 atom stereocenters. The third-order valence-electron chi connectivity index (χ3n) is 3.13. The molecule has 0 amide bonds. The molecule has 1 unspecified atom stereocenters. The van der Waals surface area contributed by atoms with E-state index in [0.717, 1.165) is 49.9 Å². The van der Waals surface area contributed by atoms with Gasteiger partial charge in [-0.2, -0.15) is 13.2 Å². The molecule has 0 radical (unpaired) electrons. The summed E-state index contributed by atoms with van der Waals surface area (Å²) in [6.45, 7) is 2.85. The van der Waals surface area contributed by atoms with E-state index in [-0.39, 0.29) is 6.04 Å². The van der Waals surface area contributed by atoms with E-state index in [1.807, 2.05) is 6.92 Å². The van der Waals surface area contributed by atoms with Gasteiger partial charge in [0.25, 0.3) is 0 Å². The lowest BCUT2D eigenvalue weighted by Gasteiger charge is -2.18. The van der Waals surface area contributed by atoms with E-state index in [1.54, 1.807) is 12.1 Å². The molecule has 1 nitrogen and oxygen atoms in total. The largest absolute Gasteiger partial charge is 0.416 e. The molecule has 0 aliphatic rings. The minimum atomic E-state index is -4.27.